The van der Waals surface area contributed by atoms with E-state index in [9.17, 15) is 35.9 Å². The summed E-state index contributed by atoms with van der Waals surface area (Å²) in [5.41, 5.74) is -4.48. The predicted molar refractivity (Wildman–Crippen MR) is 81.5 cm³/mol. The van der Waals surface area contributed by atoms with Crippen LogP contribution in [0.25, 0.3) is 0 Å². The fourth-order valence-electron chi connectivity index (χ4n) is 2.83. The molecule has 1 aliphatic carbocycles. The number of halogens is 4. The Morgan fingerprint density at radius 2 is 1.69 bits per heavy atom. The van der Waals surface area contributed by atoms with Crippen LogP contribution in [0.4, 0.5) is 17.6 Å². The second-order valence-corrected chi connectivity index (χ2v) is 7.80. The average Bonchev–Trinajstić information content (AvgIpc) is 3.05. The Kier molecular flexibility index (Phi) is 6.93. The van der Waals surface area contributed by atoms with Gasteiger partial charge in [0.2, 0.25) is 0 Å². The molecule has 0 spiro atoms. The van der Waals surface area contributed by atoms with E-state index < -0.39 is 74.2 Å². The second-order valence-electron chi connectivity index (χ2n) is 6.28. The normalized spacial score (nSPS) is 22.3. The van der Waals surface area contributed by atoms with Crippen LogP contribution in [-0.2, 0) is 26.3 Å². The van der Waals surface area contributed by atoms with E-state index in [0.29, 0.717) is 0 Å². The van der Waals surface area contributed by atoms with Crippen LogP contribution in [0.5, 0.6) is 0 Å². The molecule has 26 heavy (non-hydrogen) atoms. The van der Waals surface area contributed by atoms with Gasteiger partial charge in [-0.15, -0.1) is 0 Å². The van der Waals surface area contributed by atoms with Crippen LogP contribution in [0.1, 0.15) is 19.4 Å². The van der Waals surface area contributed by atoms with Crippen molar-refractivity contribution in [2.75, 3.05) is 0 Å². The maximum atomic E-state index is 13.5. The third-order valence-corrected chi connectivity index (χ3v) is 5.24. The summed E-state index contributed by atoms with van der Waals surface area (Å²) in [6.45, 7) is 1.68. The number of rotatable bonds is 5. The van der Waals surface area contributed by atoms with Gasteiger partial charge in [-0.2, -0.15) is 8.42 Å². The van der Waals surface area contributed by atoms with Crippen molar-refractivity contribution < 1.29 is 45.2 Å². The molecule has 3 unspecified atom stereocenters. The van der Waals surface area contributed by atoms with Crippen molar-refractivity contribution in [3.05, 3.63) is 34.9 Å². The standard InChI is InChI=1S/C14H14F4O6S.Na.H/c1-14(2)8(9(14)13(20)25(21,22)23)12(19)24-4-5-10(17)6(15)3-7(16)11(5)18;;/h3,8-9,13,20H,4H2,1-2H3,(H,21,22,23);;. The number of carbonyl (C=O) groups excluding carboxylic acids is 1. The minimum atomic E-state index is -4.84. The van der Waals surface area contributed by atoms with E-state index in [2.05, 4.69) is 4.74 Å². The van der Waals surface area contributed by atoms with Gasteiger partial charge in [-0.05, 0) is 5.41 Å². The molecule has 3 atom stereocenters. The monoisotopic (exact) mass is 410 g/mol. The number of benzene rings is 1. The predicted octanol–water partition coefficient (Wildman–Crippen LogP) is 1.12. The quantitative estimate of drug-likeness (QED) is 0.248. The van der Waals surface area contributed by atoms with E-state index >= 15 is 0 Å². The van der Waals surface area contributed by atoms with Crippen LogP contribution in [0.15, 0.2) is 6.07 Å². The molecule has 0 saturated heterocycles. The molecule has 6 nitrogen and oxygen atoms in total. The fraction of sp³-hybridized carbons (Fsp3) is 0.500. The zero-order chi connectivity index (χ0) is 19.3. The molecular formula is C14H15F4NaO6S. The van der Waals surface area contributed by atoms with Gasteiger partial charge in [0.05, 0.1) is 11.5 Å². The fourth-order valence-corrected chi connectivity index (χ4v) is 3.71. The molecule has 1 fully saturated rings. The number of carbonyl (C=O) groups is 1. The van der Waals surface area contributed by atoms with Crippen LogP contribution in [0, 0.1) is 40.5 Å². The summed E-state index contributed by atoms with van der Waals surface area (Å²) in [5, 5.41) is 9.56. The van der Waals surface area contributed by atoms with Crippen molar-refractivity contribution >= 4 is 45.6 Å². The van der Waals surface area contributed by atoms with Crippen LogP contribution in [0.3, 0.4) is 0 Å². The van der Waals surface area contributed by atoms with Crippen LogP contribution in [-0.4, -0.2) is 59.0 Å². The molecule has 1 aromatic carbocycles. The van der Waals surface area contributed by atoms with Crippen molar-refractivity contribution in [2.45, 2.75) is 25.9 Å². The first-order valence-corrected chi connectivity index (χ1v) is 8.43. The summed E-state index contributed by atoms with van der Waals surface area (Å²) < 4.78 is 88.6. The van der Waals surface area contributed by atoms with Crippen LogP contribution >= 0.6 is 0 Å². The summed E-state index contributed by atoms with van der Waals surface area (Å²) in [6.07, 6.45) is 0. The molecule has 0 aliphatic heterocycles. The van der Waals surface area contributed by atoms with Gasteiger partial charge in [0.15, 0.2) is 28.7 Å². The summed E-state index contributed by atoms with van der Waals surface area (Å²) in [6, 6.07) is -0.00150. The molecule has 2 N–H and O–H groups in total. The van der Waals surface area contributed by atoms with Gasteiger partial charge in [-0.25, -0.2) is 17.6 Å². The number of aliphatic hydroxyl groups is 1. The zero-order valence-electron chi connectivity index (χ0n) is 13.0. The summed E-state index contributed by atoms with van der Waals surface area (Å²) in [5.74, 6) is -10.3. The summed E-state index contributed by atoms with van der Waals surface area (Å²) in [7, 11) is -4.84. The van der Waals surface area contributed by atoms with Crippen molar-refractivity contribution in [3.63, 3.8) is 0 Å². The van der Waals surface area contributed by atoms with Gasteiger partial charge in [-0.3, -0.25) is 9.35 Å². The maximum absolute atomic E-state index is 13.5. The molecular weight excluding hydrogens is 395 g/mol. The molecule has 1 saturated carbocycles. The molecule has 12 heteroatoms. The summed E-state index contributed by atoms with van der Waals surface area (Å²) >= 11 is 0. The molecule has 0 radical (unpaired) electrons. The number of aliphatic hydroxyl groups excluding tert-OH is 1. The van der Waals surface area contributed by atoms with Gasteiger partial charge in [0, 0.05) is 12.0 Å². The van der Waals surface area contributed by atoms with E-state index in [1.165, 1.54) is 13.8 Å². The van der Waals surface area contributed by atoms with Crippen LogP contribution in [0.2, 0.25) is 0 Å². The number of esters is 1. The Morgan fingerprint density at radius 3 is 2.12 bits per heavy atom. The molecule has 0 bridgehead atoms. The van der Waals surface area contributed by atoms with E-state index in [1.54, 1.807) is 0 Å². The molecule has 1 aromatic rings. The summed E-state index contributed by atoms with van der Waals surface area (Å²) in [4.78, 5) is 12.0. The Labute approximate surface area is 168 Å². The number of ether oxygens (including phenoxy) is 1. The van der Waals surface area contributed by atoms with Gasteiger partial charge < -0.3 is 9.84 Å². The Balaban J connectivity index is 0.00000338. The number of hydrogen-bond acceptors (Lipinski definition) is 5. The minimum absolute atomic E-state index is 0. The molecule has 0 heterocycles. The third kappa shape index (κ3) is 4.23. The Morgan fingerprint density at radius 1 is 1.23 bits per heavy atom. The van der Waals surface area contributed by atoms with Gasteiger partial charge in [0.1, 0.15) is 6.61 Å². The molecule has 0 amide bonds. The first-order valence-electron chi connectivity index (χ1n) is 6.93. The van der Waals surface area contributed by atoms with Crippen molar-refractivity contribution in [1.29, 1.82) is 0 Å². The topological polar surface area (TPSA) is 101 Å². The van der Waals surface area contributed by atoms with E-state index in [-0.39, 0.29) is 35.6 Å². The average molecular weight is 410 g/mol. The Bertz CT molecular complexity index is 803. The molecule has 0 aromatic heterocycles. The van der Waals surface area contributed by atoms with Gasteiger partial charge in [-0.1, -0.05) is 13.8 Å². The van der Waals surface area contributed by atoms with Crippen molar-refractivity contribution in [3.8, 4) is 0 Å². The number of hydrogen-bond donors (Lipinski definition) is 2. The molecule has 2 rings (SSSR count). The van der Waals surface area contributed by atoms with Crippen molar-refractivity contribution in [2.24, 2.45) is 17.3 Å². The second kappa shape index (κ2) is 7.72. The van der Waals surface area contributed by atoms with E-state index in [1.807, 2.05) is 0 Å². The SMILES string of the molecule is CC1(C)C(C(=O)OCc2c(F)c(F)cc(F)c2F)C1C(O)S(=O)(=O)O.[NaH]. The Hall–Kier alpha value is -0.720. The van der Waals surface area contributed by atoms with Gasteiger partial charge in [0.25, 0.3) is 10.1 Å². The van der Waals surface area contributed by atoms with E-state index in [4.69, 9.17) is 4.55 Å². The first-order chi connectivity index (χ1) is 11.3. The first kappa shape index (κ1) is 23.3. The third-order valence-electron chi connectivity index (χ3n) is 4.34. The van der Waals surface area contributed by atoms with E-state index in [0.717, 1.165) is 0 Å². The molecule has 1 aliphatic rings. The van der Waals surface area contributed by atoms with Crippen LogP contribution < -0.4 is 0 Å². The zero-order valence-corrected chi connectivity index (χ0v) is 13.8. The van der Waals surface area contributed by atoms with Crippen molar-refractivity contribution in [1.82, 2.24) is 0 Å². The van der Waals surface area contributed by atoms with Gasteiger partial charge >= 0.3 is 35.5 Å². The molecule has 142 valence electrons.